The number of hydrogen-bond acceptors (Lipinski definition) is 3. The molecule has 0 saturated carbocycles. The SMILES string of the molecule is Clc1cc(Cl)c(Sc2nc3ccccc3[nH]2)nc1Cl. The standard InChI is InChI=1S/C12H6Cl3N3S/c13-6-5-7(14)11(18-10(6)15)19-12-16-8-3-1-2-4-9(8)17-12/h1-5H,(H,16,17). The first-order chi connectivity index (χ1) is 9.13. The number of halogens is 3. The van der Waals surface area contributed by atoms with E-state index in [1.54, 1.807) is 6.07 Å². The molecule has 1 N–H and O–H groups in total. The van der Waals surface area contributed by atoms with Crippen LogP contribution in [0, 0.1) is 0 Å². The number of rotatable bonds is 2. The molecule has 3 nitrogen and oxygen atoms in total. The Morgan fingerprint density at radius 3 is 2.58 bits per heavy atom. The van der Waals surface area contributed by atoms with Crippen molar-refractivity contribution in [3.8, 4) is 0 Å². The summed E-state index contributed by atoms with van der Waals surface area (Å²) in [6, 6.07) is 9.33. The average molecular weight is 331 g/mol. The summed E-state index contributed by atoms with van der Waals surface area (Å²) in [7, 11) is 0. The average Bonchev–Trinajstić information content (AvgIpc) is 2.78. The zero-order valence-electron chi connectivity index (χ0n) is 9.32. The van der Waals surface area contributed by atoms with Gasteiger partial charge in [0.2, 0.25) is 0 Å². The van der Waals surface area contributed by atoms with Gasteiger partial charge in [-0.3, -0.25) is 0 Å². The number of H-pyrrole nitrogens is 1. The molecule has 0 aliphatic rings. The van der Waals surface area contributed by atoms with Crippen LogP contribution >= 0.6 is 46.6 Å². The summed E-state index contributed by atoms with van der Waals surface area (Å²) in [5, 5.41) is 2.27. The van der Waals surface area contributed by atoms with E-state index in [1.165, 1.54) is 11.8 Å². The monoisotopic (exact) mass is 329 g/mol. The second kappa shape index (κ2) is 5.21. The molecule has 0 radical (unpaired) electrons. The number of hydrogen-bond donors (Lipinski definition) is 1. The lowest BCUT2D eigenvalue weighted by molar-refractivity contribution is 1.06. The summed E-state index contributed by atoms with van der Waals surface area (Å²) >= 11 is 19.1. The van der Waals surface area contributed by atoms with Gasteiger partial charge in [-0.05, 0) is 30.0 Å². The topological polar surface area (TPSA) is 41.6 Å². The number of benzene rings is 1. The van der Waals surface area contributed by atoms with E-state index in [1.807, 2.05) is 24.3 Å². The van der Waals surface area contributed by atoms with E-state index in [9.17, 15) is 0 Å². The number of aromatic amines is 1. The van der Waals surface area contributed by atoms with Crippen LogP contribution in [0.25, 0.3) is 11.0 Å². The highest BCUT2D eigenvalue weighted by Gasteiger charge is 2.11. The number of pyridine rings is 1. The fraction of sp³-hybridized carbons (Fsp3) is 0. The minimum Gasteiger partial charge on any atom is -0.333 e. The highest BCUT2D eigenvalue weighted by Crippen LogP contribution is 2.35. The molecule has 1 aromatic carbocycles. The van der Waals surface area contributed by atoms with Gasteiger partial charge in [0.15, 0.2) is 5.16 Å². The summed E-state index contributed by atoms with van der Waals surface area (Å²) in [6.45, 7) is 0. The molecule has 0 spiro atoms. The van der Waals surface area contributed by atoms with Gasteiger partial charge >= 0.3 is 0 Å². The highest BCUT2D eigenvalue weighted by atomic mass is 35.5. The molecule has 0 saturated heterocycles. The van der Waals surface area contributed by atoms with Crippen molar-refractivity contribution in [3.63, 3.8) is 0 Å². The van der Waals surface area contributed by atoms with E-state index in [-0.39, 0.29) is 5.15 Å². The molecule has 0 aliphatic carbocycles. The molecule has 96 valence electrons. The largest absolute Gasteiger partial charge is 0.333 e. The summed E-state index contributed by atoms with van der Waals surface area (Å²) in [6.07, 6.45) is 0. The lowest BCUT2D eigenvalue weighted by Gasteiger charge is -2.02. The van der Waals surface area contributed by atoms with E-state index in [0.29, 0.717) is 20.2 Å². The van der Waals surface area contributed by atoms with Crippen molar-refractivity contribution in [1.29, 1.82) is 0 Å². The molecule has 2 heterocycles. The van der Waals surface area contributed by atoms with Crippen LogP contribution in [-0.2, 0) is 0 Å². The Labute approximate surface area is 128 Å². The fourth-order valence-electron chi connectivity index (χ4n) is 1.57. The van der Waals surface area contributed by atoms with Crippen molar-refractivity contribution >= 4 is 57.6 Å². The van der Waals surface area contributed by atoms with Crippen LogP contribution in [0.3, 0.4) is 0 Å². The Morgan fingerprint density at radius 2 is 1.79 bits per heavy atom. The van der Waals surface area contributed by atoms with Crippen molar-refractivity contribution in [3.05, 3.63) is 45.5 Å². The van der Waals surface area contributed by atoms with E-state index in [0.717, 1.165) is 11.0 Å². The maximum Gasteiger partial charge on any atom is 0.172 e. The first-order valence-corrected chi connectivity index (χ1v) is 7.22. The molecular weight excluding hydrogens is 325 g/mol. The molecule has 2 aromatic heterocycles. The van der Waals surface area contributed by atoms with Gasteiger partial charge in [-0.1, -0.05) is 46.9 Å². The van der Waals surface area contributed by atoms with Crippen LogP contribution in [-0.4, -0.2) is 15.0 Å². The summed E-state index contributed by atoms with van der Waals surface area (Å²) in [5.74, 6) is 0. The van der Waals surface area contributed by atoms with Gasteiger partial charge < -0.3 is 4.98 Å². The minimum atomic E-state index is 0.227. The zero-order valence-corrected chi connectivity index (χ0v) is 12.4. The fourth-order valence-corrected chi connectivity index (χ4v) is 3.01. The van der Waals surface area contributed by atoms with Crippen molar-refractivity contribution in [2.75, 3.05) is 0 Å². The van der Waals surface area contributed by atoms with Crippen molar-refractivity contribution in [2.45, 2.75) is 10.2 Å². The first-order valence-electron chi connectivity index (χ1n) is 5.27. The van der Waals surface area contributed by atoms with Crippen LogP contribution in [0.15, 0.2) is 40.5 Å². The van der Waals surface area contributed by atoms with Crippen molar-refractivity contribution in [2.24, 2.45) is 0 Å². The third kappa shape index (κ3) is 2.67. The van der Waals surface area contributed by atoms with E-state index >= 15 is 0 Å². The van der Waals surface area contributed by atoms with Crippen LogP contribution < -0.4 is 0 Å². The van der Waals surface area contributed by atoms with E-state index < -0.39 is 0 Å². The van der Waals surface area contributed by atoms with Crippen molar-refractivity contribution < 1.29 is 0 Å². The highest BCUT2D eigenvalue weighted by molar-refractivity contribution is 7.99. The van der Waals surface area contributed by atoms with E-state index in [4.69, 9.17) is 34.8 Å². The van der Waals surface area contributed by atoms with Gasteiger partial charge in [0.1, 0.15) is 10.2 Å². The number of para-hydroxylation sites is 2. The zero-order chi connectivity index (χ0) is 13.4. The maximum absolute atomic E-state index is 6.08. The smallest absolute Gasteiger partial charge is 0.172 e. The molecule has 0 bridgehead atoms. The van der Waals surface area contributed by atoms with Crippen LogP contribution in [0.1, 0.15) is 0 Å². The lowest BCUT2D eigenvalue weighted by atomic mass is 10.3. The minimum absolute atomic E-state index is 0.227. The molecule has 0 amide bonds. The number of aromatic nitrogens is 3. The van der Waals surface area contributed by atoms with Crippen LogP contribution in [0.2, 0.25) is 15.2 Å². The van der Waals surface area contributed by atoms with Crippen molar-refractivity contribution in [1.82, 2.24) is 15.0 Å². The van der Waals surface area contributed by atoms with Gasteiger partial charge in [0, 0.05) is 0 Å². The molecule has 0 fully saturated rings. The Balaban J connectivity index is 1.98. The first kappa shape index (κ1) is 13.1. The molecule has 3 rings (SSSR count). The number of imidazole rings is 1. The summed E-state index contributed by atoms with van der Waals surface area (Å²) in [4.78, 5) is 11.8. The predicted octanol–water partition coefficient (Wildman–Crippen LogP) is 5.07. The van der Waals surface area contributed by atoms with E-state index in [2.05, 4.69) is 15.0 Å². The van der Waals surface area contributed by atoms with Gasteiger partial charge in [-0.2, -0.15) is 0 Å². The second-order valence-electron chi connectivity index (χ2n) is 3.71. The Bertz CT molecular complexity index is 724. The molecular formula is C12H6Cl3N3S. The van der Waals surface area contributed by atoms with Gasteiger partial charge in [-0.25, -0.2) is 9.97 Å². The maximum atomic E-state index is 6.08. The molecule has 0 unspecified atom stereocenters. The van der Waals surface area contributed by atoms with Gasteiger partial charge in [-0.15, -0.1) is 0 Å². The molecule has 0 aliphatic heterocycles. The predicted molar refractivity (Wildman–Crippen MR) is 79.5 cm³/mol. The van der Waals surface area contributed by atoms with Crippen LogP contribution in [0.4, 0.5) is 0 Å². The van der Waals surface area contributed by atoms with Crippen LogP contribution in [0.5, 0.6) is 0 Å². The van der Waals surface area contributed by atoms with Gasteiger partial charge in [0.05, 0.1) is 21.1 Å². The summed E-state index contributed by atoms with van der Waals surface area (Å²) in [5.41, 5.74) is 1.85. The number of nitrogens with zero attached hydrogens (tertiary/aromatic N) is 2. The lowest BCUT2D eigenvalue weighted by Crippen LogP contribution is -1.85. The second-order valence-corrected chi connectivity index (χ2v) is 5.86. The molecule has 0 atom stereocenters. The quantitative estimate of drug-likeness (QED) is 0.667. The Morgan fingerprint density at radius 1 is 1.00 bits per heavy atom. The molecule has 19 heavy (non-hydrogen) atoms. The van der Waals surface area contributed by atoms with Gasteiger partial charge in [0.25, 0.3) is 0 Å². The third-order valence-electron chi connectivity index (χ3n) is 2.42. The number of nitrogens with one attached hydrogen (secondary N) is 1. The Kier molecular flexibility index (Phi) is 3.58. The molecule has 3 aromatic rings. The third-order valence-corrected chi connectivity index (χ3v) is 4.38. The number of fused-ring (bicyclic) bond motifs is 1. The summed E-state index contributed by atoms with van der Waals surface area (Å²) < 4.78 is 0. The normalized spacial score (nSPS) is 11.1. The molecule has 7 heteroatoms. The Hall–Kier alpha value is -0.940.